The summed E-state index contributed by atoms with van der Waals surface area (Å²) in [7, 11) is 0. The molecule has 1 heterocycles. The number of para-hydroxylation sites is 1. The van der Waals surface area contributed by atoms with Crippen LogP contribution in [0.15, 0.2) is 65.3 Å². The lowest BCUT2D eigenvalue weighted by molar-refractivity contribution is -0.119. The summed E-state index contributed by atoms with van der Waals surface area (Å²) >= 11 is 5.82. The maximum absolute atomic E-state index is 12.3. The minimum absolute atomic E-state index is 0.0721. The third-order valence-electron chi connectivity index (χ3n) is 3.84. The van der Waals surface area contributed by atoms with Gasteiger partial charge in [-0.2, -0.15) is 8.78 Å². The van der Waals surface area contributed by atoms with Crippen LogP contribution in [0.2, 0.25) is 5.02 Å². The summed E-state index contributed by atoms with van der Waals surface area (Å²) in [6.45, 7) is -3.56. The van der Waals surface area contributed by atoms with Crippen LogP contribution in [0.3, 0.4) is 0 Å². The van der Waals surface area contributed by atoms with Gasteiger partial charge in [-0.1, -0.05) is 29.8 Å². The molecule has 10 heteroatoms. The van der Waals surface area contributed by atoms with Crippen molar-refractivity contribution in [2.24, 2.45) is 0 Å². The molecule has 162 valence electrons. The van der Waals surface area contributed by atoms with E-state index in [1.807, 2.05) is 18.2 Å². The Hall–Kier alpha value is -3.59. The monoisotopic (exact) mass is 451 g/mol. The smallest absolute Gasteiger partial charge is 0.387 e. The molecule has 1 amide bonds. The van der Waals surface area contributed by atoms with Crippen molar-refractivity contribution < 1.29 is 37.0 Å². The lowest BCUT2D eigenvalue weighted by Gasteiger charge is -2.10. The molecule has 1 N–H and O–H groups in total. The van der Waals surface area contributed by atoms with E-state index in [-0.39, 0.29) is 28.8 Å². The van der Waals surface area contributed by atoms with E-state index in [2.05, 4.69) is 10.1 Å². The Labute approximate surface area is 180 Å². The molecule has 3 rings (SSSR count). The summed E-state index contributed by atoms with van der Waals surface area (Å²) in [6, 6.07) is 14.3. The highest BCUT2D eigenvalue weighted by Crippen LogP contribution is 2.29. The fraction of sp³-hybridized carbons (Fsp3) is 0.143. The summed E-state index contributed by atoms with van der Waals surface area (Å²) in [5, 5.41) is 2.31. The van der Waals surface area contributed by atoms with Crippen molar-refractivity contribution in [3.63, 3.8) is 0 Å². The number of furan rings is 1. The number of nitrogens with one attached hydrogen (secondary N) is 1. The molecule has 2 aromatic carbocycles. The molecule has 0 unspecified atom stereocenters. The first-order chi connectivity index (χ1) is 14.9. The van der Waals surface area contributed by atoms with Crippen molar-refractivity contribution in [2.45, 2.75) is 13.2 Å². The third-order valence-corrected chi connectivity index (χ3v) is 4.13. The van der Waals surface area contributed by atoms with E-state index in [4.69, 9.17) is 25.5 Å². The standard InChI is InChI=1S/C21H16ClF2NO6/c22-16-10-14(6-7-17(16)31-21(23)24)25-18(26)12-30-20(27)19-13(8-9-28-19)11-29-15-4-2-1-3-5-15/h1-10,21H,11-12H2,(H,25,26). The normalized spacial score (nSPS) is 10.6. The van der Waals surface area contributed by atoms with Crippen LogP contribution in [0.5, 0.6) is 11.5 Å². The Balaban J connectivity index is 1.51. The molecular weight excluding hydrogens is 436 g/mol. The molecule has 7 nitrogen and oxygen atoms in total. The number of carbonyl (C=O) groups is 2. The van der Waals surface area contributed by atoms with Gasteiger partial charge in [-0.3, -0.25) is 4.79 Å². The highest BCUT2D eigenvalue weighted by molar-refractivity contribution is 6.32. The number of rotatable bonds is 9. The lowest BCUT2D eigenvalue weighted by Crippen LogP contribution is -2.21. The SMILES string of the molecule is O=C(COC(=O)c1occc1COc1ccccc1)Nc1ccc(OC(F)F)c(Cl)c1. The Kier molecular flexibility index (Phi) is 7.45. The van der Waals surface area contributed by atoms with Crippen LogP contribution in [0.25, 0.3) is 0 Å². The highest BCUT2D eigenvalue weighted by atomic mass is 35.5. The van der Waals surface area contributed by atoms with E-state index in [0.29, 0.717) is 11.3 Å². The topological polar surface area (TPSA) is 87.0 Å². The number of alkyl halides is 2. The average Bonchev–Trinajstić information content (AvgIpc) is 3.22. The summed E-state index contributed by atoms with van der Waals surface area (Å²) < 4.78 is 44.4. The molecule has 0 aliphatic carbocycles. The zero-order valence-corrected chi connectivity index (χ0v) is 16.6. The van der Waals surface area contributed by atoms with Gasteiger partial charge in [-0.25, -0.2) is 4.79 Å². The van der Waals surface area contributed by atoms with Crippen molar-refractivity contribution >= 4 is 29.2 Å². The Morgan fingerprint density at radius 3 is 2.58 bits per heavy atom. The second kappa shape index (κ2) is 10.4. The number of anilines is 1. The molecule has 0 fully saturated rings. The van der Waals surface area contributed by atoms with Crippen molar-refractivity contribution in [1.82, 2.24) is 0 Å². The number of halogens is 3. The number of hydrogen-bond donors (Lipinski definition) is 1. The van der Waals surface area contributed by atoms with E-state index >= 15 is 0 Å². The van der Waals surface area contributed by atoms with Crippen LogP contribution >= 0.6 is 11.6 Å². The Bertz CT molecular complexity index is 1040. The van der Waals surface area contributed by atoms with Gasteiger partial charge in [-0.15, -0.1) is 0 Å². The van der Waals surface area contributed by atoms with Crippen molar-refractivity contribution in [3.8, 4) is 11.5 Å². The number of benzene rings is 2. The molecule has 0 saturated heterocycles. The zero-order valence-electron chi connectivity index (χ0n) is 15.8. The average molecular weight is 452 g/mol. The molecule has 0 spiro atoms. The number of amides is 1. The summed E-state index contributed by atoms with van der Waals surface area (Å²) in [6.07, 6.45) is 1.31. The van der Waals surface area contributed by atoms with Crippen LogP contribution in [0.4, 0.5) is 14.5 Å². The van der Waals surface area contributed by atoms with Gasteiger partial charge in [0, 0.05) is 11.3 Å². The molecule has 0 atom stereocenters. The van der Waals surface area contributed by atoms with Crippen molar-refractivity contribution in [1.29, 1.82) is 0 Å². The Morgan fingerprint density at radius 1 is 1.10 bits per heavy atom. The summed E-state index contributed by atoms with van der Waals surface area (Å²) in [4.78, 5) is 24.3. The van der Waals surface area contributed by atoms with Gasteiger partial charge in [0.05, 0.1) is 11.3 Å². The van der Waals surface area contributed by atoms with E-state index < -0.39 is 25.1 Å². The van der Waals surface area contributed by atoms with Crippen molar-refractivity contribution in [3.05, 3.63) is 77.2 Å². The van der Waals surface area contributed by atoms with Gasteiger partial charge >= 0.3 is 12.6 Å². The number of ether oxygens (including phenoxy) is 3. The van der Waals surface area contributed by atoms with Gasteiger partial charge in [0.1, 0.15) is 18.1 Å². The van der Waals surface area contributed by atoms with E-state index in [9.17, 15) is 18.4 Å². The van der Waals surface area contributed by atoms with Gasteiger partial charge in [0.2, 0.25) is 5.76 Å². The second-order valence-electron chi connectivity index (χ2n) is 6.02. The molecule has 0 aliphatic heterocycles. The third kappa shape index (κ3) is 6.45. The zero-order chi connectivity index (χ0) is 22.2. The van der Waals surface area contributed by atoms with E-state index in [0.717, 1.165) is 0 Å². The summed E-state index contributed by atoms with van der Waals surface area (Å²) in [5.41, 5.74) is 0.665. The number of esters is 1. The van der Waals surface area contributed by atoms with Crippen LogP contribution in [-0.4, -0.2) is 25.1 Å². The fourth-order valence-corrected chi connectivity index (χ4v) is 2.70. The molecule has 31 heavy (non-hydrogen) atoms. The largest absolute Gasteiger partial charge is 0.489 e. The van der Waals surface area contributed by atoms with E-state index in [1.165, 1.54) is 24.5 Å². The van der Waals surface area contributed by atoms with Gasteiger partial charge in [0.25, 0.3) is 5.91 Å². The minimum atomic E-state index is -3.03. The summed E-state index contributed by atoms with van der Waals surface area (Å²) in [5.74, 6) is -1.21. The predicted molar refractivity (Wildman–Crippen MR) is 106 cm³/mol. The van der Waals surface area contributed by atoms with Gasteiger partial charge < -0.3 is 23.9 Å². The van der Waals surface area contributed by atoms with Crippen molar-refractivity contribution in [2.75, 3.05) is 11.9 Å². The van der Waals surface area contributed by atoms with Gasteiger partial charge in [0.15, 0.2) is 6.61 Å². The predicted octanol–water partition coefficient (Wildman–Crippen LogP) is 4.91. The number of hydrogen-bond acceptors (Lipinski definition) is 6. The van der Waals surface area contributed by atoms with Crippen LogP contribution < -0.4 is 14.8 Å². The second-order valence-corrected chi connectivity index (χ2v) is 6.43. The molecule has 0 aliphatic rings. The maximum Gasteiger partial charge on any atom is 0.387 e. The van der Waals surface area contributed by atoms with Crippen LogP contribution in [-0.2, 0) is 16.1 Å². The molecular formula is C21H16ClF2NO6. The van der Waals surface area contributed by atoms with E-state index in [1.54, 1.807) is 18.2 Å². The maximum atomic E-state index is 12.3. The van der Waals surface area contributed by atoms with Gasteiger partial charge in [-0.05, 0) is 36.4 Å². The molecule has 3 aromatic rings. The highest BCUT2D eigenvalue weighted by Gasteiger charge is 2.19. The molecule has 0 bridgehead atoms. The molecule has 0 saturated carbocycles. The lowest BCUT2D eigenvalue weighted by atomic mass is 10.2. The fourth-order valence-electron chi connectivity index (χ4n) is 2.47. The first kappa shape index (κ1) is 22.1. The first-order valence-corrected chi connectivity index (χ1v) is 9.25. The minimum Gasteiger partial charge on any atom is -0.489 e. The van der Waals surface area contributed by atoms with Crippen LogP contribution in [0, 0.1) is 0 Å². The van der Waals surface area contributed by atoms with Crippen LogP contribution in [0.1, 0.15) is 16.1 Å². The Morgan fingerprint density at radius 2 is 1.87 bits per heavy atom. The molecule has 0 radical (unpaired) electrons. The number of carbonyl (C=O) groups excluding carboxylic acids is 2. The molecule has 1 aromatic heterocycles. The first-order valence-electron chi connectivity index (χ1n) is 8.88. The quantitative estimate of drug-likeness (QED) is 0.465.